The Morgan fingerprint density at radius 1 is 1.30 bits per heavy atom. The molecule has 7 nitrogen and oxygen atoms in total. The van der Waals surface area contributed by atoms with Gasteiger partial charge in [-0.1, -0.05) is 11.3 Å². The summed E-state index contributed by atoms with van der Waals surface area (Å²) in [6.07, 6.45) is 0.218. The van der Waals surface area contributed by atoms with E-state index in [1.807, 2.05) is 37.4 Å². The van der Waals surface area contributed by atoms with E-state index >= 15 is 0 Å². The molecule has 1 aliphatic heterocycles. The van der Waals surface area contributed by atoms with Gasteiger partial charge in [-0.25, -0.2) is 4.98 Å². The van der Waals surface area contributed by atoms with Crippen molar-refractivity contribution in [3.63, 3.8) is 0 Å². The number of amides is 1. The summed E-state index contributed by atoms with van der Waals surface area (Å²) in [5.74, 6) is 1.24. The minimum Gasteiger partial charge on any atom is -0.454 e. The second-order valence-corrected chi connectivity index (χ2v) is 8.09. The smallest absolute Gasteiger partial charge is 0.307 e. The first kappa shape index (κ1) is 17.7. The summed E-state index contributed by atoms with van der Waals surface area (Å²) in [6.45, 7) is 4.39. The van der Waals surface area contributed by atoms with Gasteiger partial charge >= 0.3 is 4.87 Å². The minimum atomic E-state index is -0.170. The molecule has 3 aromatic rings. The average Bonchev–Trinajstić information content (AvgIpc) is 3.34. The van der Waals surface area contributed by atoms with Crippen molar-refractivity contribution in [2.75, 3.05) is 12.1 Å². The summed E-state index contributed by atoms with van der Waals surface area (Å²) in [6, 6.07) is 5.62. The maximum Gasteiger partial charge on any atom is 0.307 e. The second-order valence-electron chi connectivity index (χ2n) is 6.07. The highest BCUT2D eigenvalue weighted by atomic mass is 32.1. The van der Waals surface area contributed by atoms with Crippen LogP contribution >= 0.6 is 22.7 Å². The third-order valence-corrected chi connectivity index (χ3v) is 6.11. The van der Waals surface area contributed by atoms with Crippen LogP contribution in [0.1, 0.15) is 17.0 Å². The molecule has 0 atom stereocenters. The van der Waals surface area contributed by atoms with Gasteiger partial charge in [0.25, 0.3) is 0 Å². The molecular formula is C18H17N3O4S2. The van der Waals surface area contributed by atoms with Crippen molar-refractivity contribution in [2.45, 2.75) is 26.8 Å². The van der Waals surface area contributed by atoms with Crippen molar-refractivity contribution in [1.82, 2.24) is 9.55 Å². The highest BCUT2D eigenvalue weighted by Gasteiger charge is 2.16. The Morgan fingerprint density at radius 2 is 2.11 bits per heavy atom. The van der Waals surface area contributed by atoms with Crippen LogP contribution in [0, 0.1) is 13.8 Å². The summed E-state index contributed by atoms with van der Waals surface area (Å²) in [7, 11) is 0. The lowest BCUT2D eigenvalue weighted by Gasteiger charge is -2.05. The Hall–Kier alpha value is -2.65. The zero-order chi connectivity index (χ0) is 19.0. The van der Waals surface area contributed by atoms with E-state index in [1.54, 1.807) is 4.57 Å². The lowest BCUT2D eigenvalue weighted by Crippen LogP contribution is -2.20. The zero-order valence-corrected chi connectivity index (χ0v) is 16.4. The van der Waals surface area contributed by atoms with Crippen molar-refractivity contribution in [2.24, 2.45) is 0 Å². The molecule has 0 radical (unpaired) electrons. The normalized spacial score (nSPS) is 12.4. The number of hydrogen-bond acceptors (Lipinski definition) is 7. The number of aromatic nitrogens is 2. The Morgan fingerprint density at radius 3 is 2.89 bits per heavy atom. The summed E-state index contributed by atoms with van der Waals surface area (Å²) in [5.41, 5.74) is 2.57. The third kappa shape index (κ3) is 3.60. The van der Waals surface area contributed by atoms with Crippen LogP contribution in [-0.2, 0) is 11.3 Å². The van der Waals surface area contributed by atoms with Gasteiger partial charge in [0.2, 0.25) is 12.7 Å². The van der Waals surface area contributed by atoms with Gasteiger partial charge < -0.3 is 19.4 Å². The number of fused-ring (bicyclic) bond motifs is 1. The molecule has 1 aliphatic rings. The molecule has 9 heteroatoms. The standard InChI is InChI=1S/C18H17N3O4S2/c1-10-11(2)27-18(23)21(10)6-5-16(22)20-17-19-13(8-26-17)12-3-4-14-15(7-12)25-9-24-14/h3-4,7-8H,5-6,9H2,1-2H3,(H,19,20,22). The number of ether oxygens (including phenoxy) is 2. The van der Waals surface area contributed by atoms with Gasteiger partial charge in [-0.05, 0) is 32.0 Å². The number of aryl methyl sites for hydroxylation is 1. The van der Waals surface area contributed by atoms with Gasteiger partial charge in [-0.2, -0.15) is 0 Å². The first-order valence-corrected chi connectivity index (χ1v) is 10.0. The number of rotatable bonds is 5. The fraction of sp³-hybridized carbons (Fsp3) is 0.278. The predicted octanol–water partition coefficient (Wildman–Crippen LogP) is 3.41. The highest BCUT2D eigenvalue weighted by Crippen LogP contribution is 2.36. The summed E-state index contributed by atoms with van der Waals surface area (Å²) < 4.78 is 12.3. The van der Waals surface area contributed by atoms with E-state index < -0.39 is 0 Å². The van der Waals surface area contributed by atoms with Crippen molar-refractivity contribution in [3.05, 3.63) is 43.8 Å². The van der Waals surface area contributed by atoms with E-state index in [0.717, 1.165) is 27.6 Å². The Labute approximate surface area is 163 Å². The van der Waals surface area contributed by atoms with Crippen LogP contribution in [0.15, 0.2) is 28.4 Å². The number of anilines is 1. The van der Waals surface area contributed by atoms with Crippen LogP contribution in [0.25, 0.3) is 11.3 Å². The number of nitrogens with zero attached hydrogens (tertiary/aromatic N) is 2. The number of carbonyl (C=O) groups is 1. The topological polar surface area (TPSA) is 82.5 Å². The second kappa shape index (κ2) is 7.16. The average molecular weight is 403 g/mol. The van der Waals surface area contributed by atoms with Crippen LogP contribution in [-0.4, -0.2) is 22.3 Å². The first-order valence-electron chi connectivity index (χ1n) is 8.33. The monoisotopic (exact) mass is 403 g/mol. The SMILES string of the molecule is Cc1sc(=O)n(CCC(=O)Nc2nc(-c3ccc4c(c3)OCO4)cs2)c1C. The van der Waals surface area contributed by atoms with Gasteiger partial charge in [0.15, 0.2) is 16.6 Å². The lowest BCUT2D eigenvalue weighted by atomic mass is 10.1. The Bertz CT molecular complexity index is 1070. The van der Waals surface area contributed by atoms with Gasteiger partial charge in [0, 0.05) is 34.5 Å². The molecule has 0 aliphatic carbocycles. The molecule has 0 saturated carbocycles. The number of hydrogen-bond donors (Lipinski definition) is 1. The molecule has 0 unspecified atom stereocenters. The summed E-state index contributed by atoms with van der Waals surface area (Å²) in [4.78, 5) is 29.5. The zero-order valence-electron chi connectivity index (χ0n) is 14.8. The molecule has 3 heterocycles. The third-order valence-electron chi connectivity index (χ3n) is 4.36. The molecular weight excluding hydrogens is 386 g/mol. The summed E-state index contributed by atoms with van der Waals surface area (Å²) >= 11 is 2.56. The quantitative estimate of drug-likeness (QED) is 0.706. The van der Waals surface area contributed by atoms with Crippen molar-refractivity contribution in [1.29, 1.82) is 0 Å². The van der Waals surface area contributed by atoms with E-state index in [2.05, 4.69) is 10.3 Å². The minimum absolute atomic E-state index is 0.0304. The lowest BCUT2D eigenvalue weighted by molar-refractivity contribution is -0.116. The van der Waals surface area contributed by atoms with Gasteiger partial charge in [0.1, 0.15) is 0 Å². The number of thiazole rings is 2. The molecule has 4 rings (SSSR count). The number of benzene rings is 1. The fourth-order valence-corrected chi connectivity index (χ4v) is 4.35. The molecule has 27 heavy (non-hydrogen) atoms. The molecule has 1 aromatic carbocycles. The number of nitrogens with one attached hydrogen (secondary N) is 1. The Kier molecular flexibility index (Phi) is 4.71. The van der Waals surface area contributed by atoms with E-state index in [1.165, 1.54) is 22.7 Å². The maximum absolute atomic E-state index is 12.2. The van der Waals surface area contributed by atoms with Gasteiger partial charge in [0.05, 0.1) is 5.69 Å². The van der Waals surface area contributed by atoms with E-state index in [-0.39, 0.29) is 24.0 Å². The number of carbonyl (C=O) groups excluding carboxylic acids is 1. The van der Waals surface area contributed by atoms with Crippen LogP contribution < -0.4 is 19.7 Å². The van der Waals surface area contributed by atoms with Crippen LogP contribution in [0.4, 0.5) is 5.13 Å². The van der Waals surface area contributed by atoms with E-state index in [0.29, 0.717) is 17.4 Å². The predicted molar refractivity (Wildman–Crippen MR) is 105 cm³/mol. The van der Waals surface area contributed by atoms with Gasteiger partial charge in [-0.15, -0.1) is 11.3 Å². The van der Waals surface area contributed by atoms with Crippen LogP contribution in [0.5, 0.6) is 11.5 Å². The molecule has 140 valence electrons. The van der Waals surface area contributed by atoms with E-state index in [4.69, 9.17) is 9.47 Å². The van der Waals surface area contributed by atoms with Crippen molar-refractivity contribution >= 4 is 33.7 Å². The molecule has 1 amide bonds. The maximum atomic E-state index is 12.2. The van der Waals surface area contributed by atoms with Gasteiger partial charge in [-0.3, -0.25) is 9.59 Å². The Balaban J connectivity index is 1.40. The van der Waals surface area contributed by atoms with Crippen LogP contribution in [0.3, 0.4) is 0 Å². The largest absolute Gasteiger partial charge is 0.454 e. The fourth-order valence-electron chi connectivity index (χ4n) is 2.76. The molecule has 0 spiro atoms. The molecule has 0 saturated heterocycles. The van der Waals surface area contributed by atoms with Crippen LogP contribution in [0.2, 0.25) is 0 Å². The molecule has 1 N–H and O–H groups in total. The highest BCUT2D eigenvalue weighted by molar-refractivity contribution is 7.14. The molecule has 2 aromatic heterocycles. The molecule has 0 fully saturated rings. The summed E-state index contributed by atoms with van der Waals surface area (Å²) in [5, 5.41) is 5.21. The van der Waals surface area contributed by atoms with Crippen molar-refractivity contribution < 1.29 is 14.3 Å². The van der Waals surface area contributed by atoms with E-state index in [9.17, 15) is 9.59 Å². The molecule has 0 bridgehead atoms. The van der Waals surface area contributed by atoms with Crippen molar-refractivity contribution in [3.8, 4) is 22.8 Å². The first-order chi connectivity index (χ1) is 13.0.